The van der Waals surface area contributed by atoms with Crippen LogP contribution in [0.5, 0.6) is 0 Å². The van der Waals surface area contributed by atoms with E-state index in [1.807, 2.05) is 37.3 Å². The Morgan fingerprint density at radius 1 is 0.970 bits per heavy atom. The van der Waals surface area contributed by atoms with Gasteiger partial charge in [-0.1, -0.05) is 50.1 Å². The van der Waals surface area contributed by atoms with Gasteiger partial charge in [0.15, 0.2) is 6.10 Å². The van der Waals surface area contributed by atoms with Crippen molar-refractivity contribution in [2.75, 3.05) is 19.8 Å². The van der Waals surface area contributed by atoms with Gasteiger partial charge >= 0.3 is 25.9 Å². The molecule has 186 valence electrons. The molecule has 0 unspecified atom stereocenters. The van der Waals surface area contributed by atoms with Crippen molar-refractivity contribution < 1.29 is 47.5 Å². The van der Waals surface area contributed by atoms with Gasteiger partial charge in [-0.15, -0.1) is 0 Å². The quantitative estimate of drug-likeness (QED) is 0.136. The highest BCUT2D eigenvalue weighted by Crippen LogP contribution is 2.35. The SMILES string of the molecule is CCCCCC(=O)OC[C@H](COP(=O)(O)O)OC(=O)CCCNC(=O)OCc1ccccc1. The van der Waals surface area contributed by atoms with Crippen LogP contribution >= 0.6 is 7.82 Å². The number of carbonyl (C=O) groups is 3. The number of amides is 1. The van der Waals surface area contributed by atoms with E-state index in [-0.39, 0.29) is 39.0 Å². The summed E-state index contributed by atoms with van der Waals surface area (Å²) in [5.41, 5.74) is 0.839. The Morgan fingerprint density at radius 2 is 1.67 bits per heavy atom. The van der Waals surface area contributed by atoms with Crippen LogP contribution in [-0.2, 0) is 39.5 Å². The highest BCUT2D eigenvalue weighted by molar-refractivity contribution is 7.46. The number of hydrogen-bond donors (Lipinski definition) is 3. The number of hydrogen-bond acceptors (Lipinski definition) is 8. The third kappa shape index (κ3) is 15.9. The minimum atomic E-state index is -4.79. The van der Waals surface area contributed by atoms with Crippen LogP contribution in [0.2, 0.25) is 0 Å². The minimum Gasteiger partial charge on any atom is -0.462 e. The van der Waals surface area contributed by atoms with Crippen LogP contribution in [0.25, 0.3) is 0 Å². The Labute approximate surface area is 193 Å². The highest BCUT2D eigenvalue weighted by Gasteiger charge is 2.22. The zero-order valence-corrected chi connectivity index (χ0v) is 19.5. The van der Waals surface area contributed by atoms with Crippen molar-refractivity contribution in [1.29, 1.82) is 0 Å². The van der Waals surface area contributed by atoms with Crippen LogP contribution in [0.1, 0.15) is 51.0 Å². The fourth-order valence-electron chi connectivity index (χ4n) is 2.52. The monoisotopic (exact) mass is 489 g/mol. The predicted molar refractivity (Wildman–Crippen MR) is 117 cm³/mol. The molecule has 1 aromatic carbocycles. The predicted octanol–water partition coefficient (Wildman–Crippen LogP) is 2.84. The molecule has 0 radical (unpaired) electrons. The highest BCUT2D eigenvalue weighted by atomic mass is 31.2. The van der Waals surface area contributed by atoms with Crippen molar-refractivity contribution in [2.24, 2.45) is 0 Å². The zero-order chi connectivity index (χ0) is 24.5. The number of rotatable bonds is 16. The van der Waals surface area contributed by atoms with E-state index in [1.54, 1.807) is 0 Å². The van der Waals surface area contributed by atoms with Crippen LogP contribution in [0.3, 0.4) is 0 Å². The first-order valence-corrected chi connectivity index (χ1v) is 12.2. The van der Waals surface area contributed by atoms with E-state index in [0.717, 1.165) is 18.4 Å². The molecule has 0 aliphatic rings. The van der Waals surface area contributed by atoms with E-state index in [4.69, 9.17) is 24.0 Å². The van der Waals surface area contributed by atoms with Gasteiger partial charge in [0.2, 0.25) is 0 Å². The van der Waals surface area contributed by atoms with E-state index in [1.165, 1.54) is 0 Å². The molecule has 0 aromatic heterocycles. The Balaban J connectivity index is 2.32. The summed E-state index contributed by atoms with van der Waals surface area (Å²) in [5, 5.41) is 2.51. The molecule has 0 spiro atoms. The molecule has 33 heavy (non-hydrogen) atoms. The number of esters is 2. The number of alkyl carbamates (subject to hydrolysis) is 1. The van der Waals surface area contributed by atoms with E-state index < -0.39 is 38.6 Å². The lowest BCUT2D eigenvalue weighted by Crippen LogP contribution is -2.30. The fraction of sp³-hybridized carbons (Fsp3) is 0.571. The molecule has 12 heteroatoms. The van der Waals surface area contributed by atoms with Crippen LogP contribution in [0, 0.1) is 0 Å². The number of nitrogens with one attached hydrogen (secondary N) is 1. The minimum absolute atomic E-state index is 0.0875. The Hall–Kier alpha value is -2.46. The Morgan fingerprint density at radius 3 is 2.33 bits per heavy atom. The average molecular weight is 489 g/mol. The first-order valence-electron chi connectivity index (χ1n) is 10.7. The summed E-state index contributed by atoms with van der Waals surface area (Å²) in [6.45, 7) is 1.23. The molecule has 0 bridgehead atoms. The number of benzene rings is 1. The fourth-order valence-corrected chi connectivity index (χ4v) is 2.88. The van der Waals surface area contributed by atoms with Gasteiger partial charge in [-0.05, 0) is 18.4 Å². The van der Waals surface area contributed by atoms with Crippen molar-refractivity contribution in [1.82, 2.24) is 5.32 Å². The van der Waals surface area contributed by atoms with Gasteiger partial charge in [0.1, 0.15) is 13.2 Å². The molecular formula is C21H32NO10P. The van der Waals surface area contributed by atoms with Crippen LogP contribution in [0.4, 0.5) is 4.79 Å². The number of unbranched alkanes of at least 4 members (excludes halogenated alkanes) is 2. The maximum absolute atomic E-state index is 12.0. The summed E-state index contributed by atoms with van der Waals surface area (Å²) in [6, 6.07) is 9.14. The van der Waals surface area contributed by atoms with Crippen molar-refractivity contribution in [3.63, 3.8) is 0 Å². The molecule has 0 fully saturated rings. The van der Waals surface area contributed by atoms with Crippen molar-refractivity contribution in [2.45, 2.75) is 58.2 Å². The van der Waals surface area contributed by atoms with Crippen molar-refractivity contribution in [3.05, 3.63) is 35.9 Å². The summed E-state index contributed by atoms with van der Waals surface area (Å²) < 4.78 is 30.5. The van der Waals surface area contributed by atoms with Crippen molar-refractivity contribution in [3.8, 4) is 0 Å². The lowest BCUT2D eigenvalue weighted by atomic mass is 10.2. The maximum atomic E-state index is 12.0. The lowest BCUT2D eigenvalue weighted by Gasteiger charge is -2.18. The Kier molecular flexibility index (Phi) is 14.0. The largest absolute Gasteiger partial charge is 0.469 e. The van der Waals surface area contributed by atoms with Gasteiger partial charge in [0, 0.05) is 19.4 Å². The normalized spacial score (nSPS) is 12.0. The second kappa shape index (κ2) is 16.2. The number of phosphoric ester groups is 1. The topological polar surface area (TPSA) is 158 Å². The van der Waals surface area contributed by atoms with E-state index in [0.29, 0.717) is 6.42 Å². The molecule has 1 amide bonds. The van der Waals surface area contributed by atoms with Gasteiger partial charge in [0.25, 0.3) is 0 Å². The second-order valence-corrected chi connectivity index (χ2v) is 8.37. The molecule has 1 atom stereocenters. The summed E-state index contributed by atoms with van der Waals surface area (Å²) >= 11 is 0. The molecular weight excluding hydrogens is 457 g/mol. The van der Waals surface area contributed by atoms with Gasteiger partial charge in [0.05, 0.1) is 6.61 Å². The summed E-state index contributed by atoms with van der Waals surface area (Å²) in [4.78, 5) is 53.1. The number of phosphoric acid groups is 1. The molecule has 1 rings (SSSR count). The maximum Gasteiger partial charge on any atom is 0.469 e. The van der Waals surface area contributed by atoms with Gasteiger partial charge in [-0.25, -0.2) is 9.36 Å². The molecule has 0 saturated carbocycles. The third-order valence-electron chi connectivity index (χ3n) is 4.18. The van der Waals surface area contributed by atoms with E-state index >= 15 is 0 Å². The van der Waals surface area contributed by atoms with Gasteiger partial charge in [-0.3, -0.25) is 14.1 Å². The van der Waals surface area contributed by atoms with Crippen LogP contribution in [-0.4, -0.2) is 53.7 Å². The van der Waals surface area contributed by atoms with Gasteiger partial charge < -0.3 is 29.3 Å². The second-order valence-electron chi connectivity index (χ2n) is 7.13. The summed E-state index contributed by atoms with van der Waals surface area (Å²) in [7, 11) is -4.79. The average Bonchev–Trinajstić information content (AvgIpc) is 2.77. The van der Waals surface area contributed by atoms with E-state index in [2.05, 4.69) is 9.84 Å². The number of ether oxygens (including phenoxy) is 3. The molecule has 0 aliphatic carbocycles. The van der Waals surface area contributed by atoms with E-state index in [9.17, 15) is 18.9 Å². The van der Waals surface area contributed by atoms with Crippen molar-refractivity contribution >= 4 is 25.9 Å². The van der Waals surface area contributed by atoms with Crippen LogP contribution in [0.15, 0.2) is 30.3 Å². The Bertz CT molecular complexity index is 768. The molecule has 0 heterocycles. The van der Waals surface area contributed by atoms with Gasteiger partial charge in [-0.2, -0.15) is 0 Å². The summed E-state index contributed by atoms with van der Waals surface area (Å²) in [5.74, 6) is -1.20. The third-order valence-corrected chi connectivity index (χ3v) is 4.67. The lowest BCUT2D eigenvalue weighted by molar-refractivity contribution is -0.161. The molecule has 1 aromatic rings. The molecule has 0 aliphatic heterocycles. The molecule has 11 nitrogen and oxygen atoms in total. The smallest absolute Gasteiger partial charge is 0.462 e. The summed E-state index contributed by atoms with van der Waals surface area (Å²) in [6.07, 6.45) is 0.989. The molecule has 0 saturated heterocycles. The number of carbonyl (C=O) groups excluding carboxylic acids is 3. The molecule has 3 N–H and O–H groups in total. The standard InChI is InChI=1S/C21H32NO10P/c1-2-3-5-11-19(23)29-15-18(16-31-33(26,27)28)32-20(24)12-8-13-22-21(25)30-14-17-9-6-4-7-10-17/h4,6-7,9-10,18H,2-3,5,8,11-16H2,1H3,(H,22,25)(H2,26,27,28)/t18-/m1/s1. The first kappa shape index (κ1) is 28.6. The zero-order valence-electron chi connectivity index (χ0n) is 18.6. The van der Waals surface area contributed by atoms with Crippen LogP contribution < -0.4 is 5.32 Å². The first-order chi connectivity index (χ1) is 15.7.